The number of esters is 1. The summed E-state index contributed by atoms with van der Waals surface area (Å²) in [5.74, 6) is -0.262. The van der Waals surface area contributed by atoms with Gasteiger partial charge in [0, 0.05) is 0 Å². The van der Waals surface area contributed by atoms with Crippen LogP contribution < -0.4 is 0 Å². The molecule has 2 rings (SSSR count). The Hall–Kier alpha value is -2.10. The number of rotatable bonds is 3. The van der Waals surface area contributed by atoms with Crippen molar-refractivity contribution in [3.63, 3.8) is 0 Å². The Morgan fingerprint density at radius 3 is 2.71 bits per heavy atom. The number of hydrogen-bond acceptors (Lipinski definition) is 3. The molecule has 0 N–H and O–H groups in total. The molecule has 0 radical (unpaired) electrons. The normalized spacial score (nSPS) is 10.2. The molecule has 4 nitrogen and oxygen atoms in total. The number of carbonyl (C=O) groups is 1. The summed E-state index contributed by atoms with van der Waals surface area (Å²) in [6.45, 7) is 1.90. The van der Waals surface area contributed by atoms with Crippen LogP contribution in [-0.4, -0.2) is 22.9 Å². The lowest BCUT2D eigenvalue weighted by Crippen LogP contribution is -2.09. The lowest BCUT2D eigenvalue weighted by Gasteiger charge is -2.06. The summed E-state index contributed by atoms with van der Waals surface area (Å²) in [4.78, 5) is 11.3. The zero-order valence-corrected chi connectivity index (χ0v) is 9.88. The lowest BCUT2D eigenvalue weighted by molar-refractivity contribution is -0.139. The van der Waals surface area contributed by atoms with Crippen molar-refractivity contribution >= 4 is 5.97 Å². The van der Waals surface area contributed by atoms with Gasteiger partial charge in [-0.3, -0.25) is 4.79 Å². The molecule has 0 aliphatic carbocycles. The van der Waals surface area contributed by atoms with Gasteiger partial charge in [0.15, 0.2) is 0 Å². The molecule has 0 bridgehead atoms. The first-order chi connectivity index (χ1) is 8.20. The molecule has 0 spiro atoms. The number of hydrogen-bond donors (Lipinski definition) is 0. The second-order valence-electron chi connectivity index (χ2n) is 3.78. The average molecular weight is 230 g/mol. The topological polar surface area (TPSA) is 44.1 Å². The summed E-state index contributed by atoms with van der Waals surface area (Å²) in [6, 6.07) is 11.6. The van der Waals surface area contributed by atoms with Crippen molar-refractivity contribution in [2.75, 3.05) is 7.11 Å². The SMILES string of the molecule is COC(=O)Cc1cc(C)nn1-c1ccccc1. The highest BCUT2D eigenvalue weighted by atomic mass is 16.5. The molecular weight excluding hydrogens is 216 g/mol. The molecule has 0 aliphatic heterocycles. The molecule has 0 unspecified atom stereocenters. The Balaban J connectivity index is 2.37. The van der Waals surface area contributed by atoms with Crippen LogP contribution in [0.5, 0.6) is 0 Å². The van der Waals surface area contributed by atoms with E-state index in [9.17, 15) is 4.79 Å². The second-order valence-corrected chi connectivity index (χ2v) is 3.78. The van der Waals surface area contributed by atoms with E-state index in [2.05, 4.69) is 9.84 Å². The van der Waals surface area contributed by atoms with E-state index in [4.69, 9.17) is 0 Å². The smallest absolute Gasteiger partial charge is 0.311 e. The second kappa shape index (κ2) is 4.82. The number of benzene rings is 1. The van der Waals surface area contributed by atoms with Gasteiger partial charge in [0.05, 0.1) is 30.6 Å². The molecule has 1 heterocycles. The molecular formula is C13H14N2O2. The monoisotopic (exact) mass is 230 g/mol. The number of aromatic nitrogens is 2. The summed E-state index contributed by atoms with van der Waals surface area (Å²) >= 11 is 0. The van der Waals surface area contributed by atoms with Gasteiger partial charge in [-0.15, -0.1) is 0 Å². The van der Waals surface area contributed by atoms with Crippen molar-refractivity contribution in [2.24, 2.45) is 0 Å². The van der Waals surface area contributed by atoms with Gasteiger partial charge in [-0.05, 0) is 25.1 Å². The number of aryl methyl sites for hydroxylation is 1. The van der Waals surface area contributed by atoms with Crippen LogP contribution in [0.3, 0.4) is 0 Å². The van der Waals surface area contributed by atoms with Crippen molar-refractivity contribution in [3.8, 4) is 5.69 Å². The first-order valence-corrected chi connectivity index (χ1v) is 5.38. The maximum atomic E-state index is 11.3. The fourth-order valence-electron chi connectivity index (χ4n) is 1.69. The fraction of sp³-hybridized carbons (Fsp3) is 0.231. The molecule has 2 aromatic rings. The average Bonchev–Trinajstić information content (AvgIpc) is 2.71. The third-order valence-electron chi connectivity index (χ3n) is 2.46. The Morgan fingerprint density at radius 1 is 1.35 bits per heavy atom. The Kier molecular flexibility index (Phi) is 3.23. The molecule has 0 saturated carbocycles. The van der Waals surface area contributed by atoms with Gasteiger partial charge < -0.3 is 4.74 Å². The minimum absolute atomic E-state index is 0.228. The molecule has 1 aromatic carbocycles. The van der Waals surface area contributed by atoms with Gasteiger partial charge in [0.25, 0.3) is 0 Å². The van der Waals surface area contributed by atoms with Crippen molar-refractivity contribution in [3.05, 3.63) is 47.8 Å². The first-order valence-electron chi connectivity index (χ1n) is 5.38. The maximum Gasteiger partial charge on any atom is 0.311 e. The number of ether oxygens (including phenoxy) is 1. The van der Waals surface area contributed by atoms with Gasteiger partial charge in [0.1, 0.15) is 0 Å². The minimum atomic E-state index is -0.262. The van der Waals surface area contributed by atoms with Crippen LogP contribution in [0.15, 0.2) is 36.4 Å². The van der Waals surface area contributed by atoms with E-state index < -0.39 is 0 Å². The lowest BCUT2D eigenvalue weighted by atomic mass is 10.2. The summed E-state index contributed by atoms with van der Waals surface area (Å²) in [5, 5.41) is 4.38. The fourth-order valence-corrected chi connectivity index (χ4v) is 1.69. The van der Waals surface area contributed by atoms with E-state index >= 15 is 0 Å². The van der Waals surface area contributed by atoms with Crippen LogP contribution >= 0.6 is 0 Å². The van der Waals surface area contributed by atoms with E-state index in [1.807, 2.05) is 43.3 Å². The van der Waals surface area contributed by atoms with Crippen LogP contribution in [-0.2, 0) is 16.0 Å². The Labute approximate surface area is 99.8 Å². The third-order valence-corrected chi connectivity index (χ3v) is 2.46. The highest BCUT2D eigenvalue weighted by Gasteiger charge is 2.11. The molecule has 0 aliphatic rings. The predicted octanol–water partition coefficient (Wildman–Crippen LogP) is 1.90. The Bertz CT molecular complexity index is 517. The van der Waals surface area contributed by atoms with E-state index in [1.165, 1.54) is 7.11 Å². The van der Waals surface area contributed by atoms with Crippen molar-refractivity contribution in [2.45, 2.75) is 13.3 Å². The number of methoxy groups -OCH3 is 1. The largest absolute Gasteiger partial charge is 0.469 e. The molecule has 0 atom stereocenters. The highest BCUT2D eigenvalue weighted by molar-refractivity contribution is 5.72. The van der Waals surface area contributed by atoms with Crippen LogP contribution in [0, 0.1) is 6.92 Å². The van der Waals surface area contributed by atoms with E-state index in [-0.39, 0.29) is 12.4 Å². The van der Waals surface area contributed by atoms with Crippen LogP contribution in [0.25, 0.3) is 5.69 Å². The summed E-state index contributed by atoms with van der Waals surface area (Å²) in [6.07, 6.45) is 0.228. The van der Waals surface area contributed by atoms with Crippen molar-refractivity contribution < 1.29 is 9.53 Å². The third kappa shape index (κ3) is 2.53. The highest BCUT2D eigenvalue weighted by Crippen LogP contribution is 2.13. The molecule has 0 saturated heterocycles. The molecule has 17 heavy (non-hydrogen) atoms. The van der Waals surface area contributed by atoms with Gasteiger partial charge in [-0.1, -0.05) is 18.2 Å². The minimum Gasteiger partial charge on any atom is -0.469 e. The van der Waals surface area contributed by atoms with Crippen molar-refractivity contribution in [1.29, 1.82) is 0 Å². The standard InChI is InChI=1S/C13H14N2O2/c1-10-8-12(9-13(16)17-2)15(14-10)11-6-4-3-5-7-11/h3-8H,9H2,1-2H3. The first kappa shape index (κ1) is 11.4. The summed E-state index contributed by atoms with van der Waals surface area (Å²) < 4.78 is 6.44. The van der Waals surface area contributed by atoms with E-state index in [0.29, 0.717) is 0 Å². The quantitative estimate of drug-likeness (QED) is 0.756. The zero-order valence-electron chi connectivity index (χ0n) is 9.88. The summed E-state index contributed by atoms with van der Waals surface area (Å²) in [7, 11) is 1.39. The van der Waals surface area contributed by atoms with Crippen LogP contribution in [0.1, 0.15) is 11.4 Å². The maximum absolute atomic E-state index is 11.3. The van der Waals surface area contributed by atoms with Gasteiger partial charge in [-0.25, -0.2) is 4.68 Å². The van der Waals surface area contributed by atoms with E-state index in [0.717, 1.165) is 17.1 Å². The number of nitrogens with zero attached hydrogens (tertiary/aromatic N) is 2. The molecule has 0 amide bonds. The van der Waals surface area contributed by atoms with E-state index in [1.54, 1.807) is 4.68 Å². The van der Waals surface area contributed by atoms with Crippen molar-refractivity contribution in [1.82, 2.24) is 9.78 Å². The molecule has 0 fully saturated rings. The molecule has 1 aromatic heterocycles. The summed E-state index contributed by atoms with van der Waals surface area (Å²) in [5.41, 5.74) is 2.66. The zero-order chi connectivity index (χ0) is 12.3. The number of para-hydroxylation sites is 1. The molecule has 88 valence electrons. The number of carbonyl (C=O) groups excluding carboxylic acids is 1. The predicted molar refractivity (Wildman–Crippen MR) is 64.0 cm³/mol. The van der Waals surface area contributed by atoms with Gasteiger partial charge >= 0.3 is 5.97 Å². The van der Waals surface area contributed by atoms with Crippen LogP contribution in [0.4, 0.5) is 0 Å². The van der Waals surface area contributed by atoms with Gasteiger partial charge in [0.2, 0.25) is 0 Å². The molecule has 4 heteroatoms. The van der Waals surface area contributed by atoms with Gasteiger partial charge in [-0.2, -0.15) is 5.10 Å². The Morgan fingerprint density at radius 2 is 2.06 bits per heavy atom. The van der Waals surface area contributed by atoms with Crippen LogP contribution in [0.2, 0.25) is 0 Å².